The van der Waals surface area contributed by atoms with Gasteiger partial charge in [-0.05, 0) is 24.6 Å². The second-order valence-corrected chi connectivity index (χ2v) is 3.61. The topological polar surface area (TPSA) is 64.4 Å². The van der Waals surface area contributed by atoms with E-state index in [9.17, 15) is 10.1 Å². The van der Waals surface area contributed by atoms with Gasteiger partial charge >= 0.3 is 0 Å². The maximum atomic E-state index is 10.5. The Kier molecular flexibility index (Phi) is 2.42. The Bertz CT molecular complexity index is 369. The lowest BCUT2D eigenvalue weighted by Gasteiger charge is -2.23. The molecule has 1 heterocycles. The first-order valence-electron chi connectivity index (χ1n) is 4.76. The highest BCUT2D eigenvalue weighted by Crippen LogP contribution is 2.26. The standard InChI is InChI=1S/C10H12N2O3/c1-10(11-6-7-15-10)8-2-4-9(5-3-8)12(13)14/h2-5,11H,6-7H2,1H3/t10-/m0/s1. The van der Waals surface area contributed by atoms with Crippen molar-refractivity contribution in [1.82, 2.24) is 5.32 Å². The molecular formula is C10H12N2O3. The van der Waals surface area contributed by atoms with E-state index < -0.39 is 10.6 Å². The highest BCUT2D eigenvalue weighted by molar-refractivity contribution is 5.35. The summed E-state index contributed by atoms with van der Waals surface area (Å²) in [5.74, 6) is 0. The third-order valence-electron chi connectivity index (χ3n) is 2.58. The van der Waals surface area contributed by atoms with Crippen LogP contribution in [0.1, 0.15) is 12.5 Å². The van der Waals surface area contributed by atoms with Crippen LogP contribution in [0.2, 0.25) is 0 Å². The highest BCUT2D eigenvalue weighted by atomic mass is 16.6. The summed E-state index contributed by atoms with van der Waals surface area (Å²) in [5.41, 5.74) is 0.501. The largest absolute Gasteiger partial charge is 0.355 e. The molecule has 0 saturated carbocycles. The number of non-ortho nitro benzene ring substituents is 1. The van der Waals surface area contributed by atoms with E-state index in [2.05, 4.69) is 5.32 Å². The van der Waals surface area contributed by atoms with Crippen molar-refractivity contribution in [2.75, 3.05) is 13.2 Å². The zero-order chi connectivity index (χ0) is 10.9. The molecule has 0 unspecified atom stereocenters. The molecule has 5 heteroatoms. The van der Waals surface area contributed by atoms with Gasteiger partial charge in [-0.1, -0.05) is 0 Å². The Morgan fingerprint density at radius 3 is 2.60 bits per heavy atom. The summed E-state index contributed by atoms with van der Waals surface area (Å²) in [6, 6.07) is 6.42. The third kappa shape index (κ3) is 1.84. The SMILES string of the molecule is C[C@]1(c2ccc([N+](=O)[O-])cc2)NCCO1. The van der Waals surface area contributed by atoms with Crippen molar-refractivity contribution < 1.29 is 9.66 Å². The van der Waals surface area contributed by atoms with Crippen LogP contribution < -0.4 is 5.32 Å². The lowest BCUT2D eigenvalue weighted by atomic mass is 10.1. The summed E-state index contributed by atoms with van der Waals surface area (Å²) in [4.78, 5) is 10.1. The molecule has 1 fully saturated rings. The van der Waals surface area contributed by atoms with Crippen LogP contribution >= 0.6 is 0 Å². The molecule has 1 atom stereocenters. The van der Waals surface area contributed by atoms with Crippen molar-refractivity contribution in [1.29, 1.82) is 0 Å². The van der Waals surface area contributed by atoms with E-state index in [4.69, 9.17) is 4.74 Å². The van der Waals surface area contributed by atoms with Gasteiger partial charge in [-0.25, -0.2) is 0 Å². The zero-order valence-electron chi connectivity index (χ0n) is 8.40. The molecule has 1 aromatic carbocycles. The summed E-state index contributed by atoms with van der Waals surface area (Å²) in [5, 5.41) is 13.7. The van der Waals surface area contributed by atoms with Gasteiger partial charge in [0.2, 0.25) is 0 Å². The number of nitrogens with zero attached hydrogens (tertiary/aromatic N) is 1. The van der Waals surface area contributed by atoms with Crippen LogP contribution in [0.5, 0.6) is 0 Å². The maximum Gasteiger partial charge on any atom is 0.269 e. The van der Waals surface area contributed by atoms with Gasteiger partial charge in [0.15, 0.2) is 0 Å². The Morgan fingerprint density at radius 2 is 2.13 bits per heavy atom. The first-order chi connectivity index (χ1) is 7.12. The quantitative estimate of drug-likeness (QED) is 0.589. The van der Waals surface area contributed by atoms with Crippen molar-refractivity contribution in [3.05, 3.63) is 39.9 Å². The predicted molar refractivity (Wildman–Crippen MR) is 54.4 cm³/mol. The molecule has 1 saturated heterocycles. The van der Waals surface area contributed by atoms with Gasteiger partial charge in [0.25, 0.3) is 5.69 Å². The van der Waals surface area contributed by atoms with Gasteiger partial charge in [-0.15, -0.1) is 0 Å². The fourth-order valence-corrected chi connectivity index (χ4v) is 1.68. The first kappa shape index (κ1) is 10.1. The van der Waals surface area contributed by atoms with Gasteiger partial charge < -0.3 is 4.74 Å². The molecule has 0 aromatic heterocycles. The molecule has 5 nitrogen and oxygen atoms in total. The van der Waals surface area contributed by atoms with Crippen LogP contribution in [0.3, 0.4) is 0 Å². The van der Waals surface area contributed by atoms with E-state index >= 15 is 0 Å². The van der Waals surface area contributed by atoms with Gasteiger partial charge in [0.1, 0.15) is 5.72 Å². The van der Waals surface area contributed by atoms with E-state index in [1.165, 1.54) is 12.1 Å². The first-order valence-corrected chi connectivity index (χ1v) is 4.76. The van der Waals surface area contributed by atoms with E-state index in [1.54, 1.807) is 12.1 Å². The number of nitro benzene ring substituents is 1. The number of nitrogens with one attached hydrogen (secondary N) is 1. The van der Waals surface area contributed by atoms with Crippen LogP contribution in [-0.4, -0.2) is 18.1 Å². The van der Waals surface area contributed by atoms with Crippen molar-refractivity contribution in [2.45, 2.75) is 12.6 Å². The molecule has 0 radical (unpaired) electrons. The number of ether oxygens (including phenoxy) is 1. The molecule has 2 rings (SSSR count). The zero-order valence-corrected chi connectivity index (χ0v) is 8.40. The summed E-state index contributed by atoms with van der Waals surface area (Å²) in [6.07, 6.45) is 0. The summed E-state index contributed by atoms with van der Waals surface area (Å²) >= 11 is 0. The lowest BCUT2D eigenvalue weighted by Crippen LogP contribution is -2.34. The predicted octanol–water partition coefficient (Wildman–Crippen LogP) is 1.39. The average molecular weight is 208 g/mol. The maximum absolute atomic E-state index is 10.5. The molecule has 1 aliphatic heterocycles. The molecule has 80 valence electrons. The Morgan fingerprint density at radius 1 is 1.47 bits per heavy atom. The van der Waals surface area contributed by atoms with E-state index in [-0.39, 0.29) is 5.69 Å². The van der Waals surface area contributed by atoms with Crippen molar-refractivity contribution >= 4 is 5.69 Å². The highest BCUT2D eigenvalue weighted by Gasteiger charge is 2.31. The summed E-state index contributed by atoms with van der Waals surface area (Å²) < 4.78 is 5.55. The second-order valence-electron chi connectivity index (χ2n) is 3.61. The smallest absolute Gasteiger partial charge is 0.269 e. The molecule has 15 heavy (non-hydrogen) atoms. The third-order valence-corrected chi connectivity index (χ3v) is 2.58. The molecular weight excluding hydrogens is 196 g/mol. The monoisotopic (exact) mass is 208 g/mol. The molecule has 1 aliphatic rings. The van der Waals surface area contributed by atoms with Gasteiger partial charge in [-0.3, -0.25) is 15.4 Å². The Hall–Kier alpha value is -1.46. The molecule has 0 bridgehead atoms. The van der Waals surface area contributed by atoms with E-state index in [1.807, 2.05) is 6.92 Å². The molecule has 1 N–H and O–H groups in total. The molecule has 0 amide bonds. The number of benzene rings is 1. The van der Waals surface area contributed by atoms with Crippen molar-refractivity contribution in [3.8, 4) is 0 Å². The van der Waals surface area contributed by atoms with Gasteiger partial charge in [0, 0.05) is 18.7 Å². The number of hydrogen-bond donors (Lipinski definition) is 1. The fraction of sp³-hybridized carbons (Fsp3) is 0.400. The van der Waals surface area contributed by atoms with Gasteiger partial charge in [0.05, 0.1) is 11.5 Å². The van der Waals surface area contributed by atoms with Crippen LogP contribution in [0.15, 0.2) is 24.3 Å². The van der Waals surface area contributed by atoms with Crippen molar-refractivity contribution in [3.63, 3.8) is 0 Å². The minimum atomic E-state index is -0.505. The average Bonchev–Trinajstić information content (AvgIpc) is 2.67. The summed E-state index contributed by atoms with van der Waals surface area (Å²) in [7, 11) is 0. The molecule has 1 aromatic rings. The summed E-state index contributed by atoms with van der Waals surface area (Å²) in [6.45, 7) is 3.38. The Balaban J connectivity index is 2.26. The van der Waals surface area contributed by atoms with Crippen molar-refractivity contribution in [2.24, 2.45) is 0 Å². The normalized spacial score (nSPS) is 25.4. The van der Waals surface area contributed by atoms with E-state index in [0.29, 0.717) is 6.61 Å². The van der Waals surface area contributed by atoms with E-state index in [0.717, 1.165) is 12.1 Å². The van der Waals surface area contributed by atoms with Gasteiger partial charge in [-0.2, -0.15) is 0 Å². The fourth-order valence-electron chi connectivity index (χ4n) is 1.68. The Labute approximate surface area is 87.2 Å². The molecule has 0 aliphatic carbocycles. The molecule has 0 spiro atoms. The van der Waals surface area contributed by atoms with Crippen LogP contribution in [0, 0.1) is 10.1 Å². The number of rotatable bonds is 2. The second kappa shape index (κ2) is 3.60. The lowest BCUT2D eigenvalue weighted by molar-refractivity contribution is -0.384. The van der Waals surface area contributed by atoms with Crippen LogP contribution in [-0.2, 0) is 10.5 Å². The number of nitro groups is 1. The van der Waals surface area contributed by atoms with Crippen LogP contribution in [0.25, 0.3) is 0 Å². The minimum Gasteiger partial charge on any atom is -0.355 e. The number of hydrogen-bond acceptors (Lipinski definition) is 4. The minimum absolute atomic E-state index is 0.0975. The van der Waals surface area contributed by atoms with Crippen LogP contribution in [0.4, 0.5) is 5.69 Å².